The van der Waals surface area contributed by atoms with Gasteiger partial charge < -0.3 is 4.74 Å². The molecule has 0 bridgehead atoms. The van der Waals surface area contributed by atoms with Gasteiger partial charge >= 0.3 is 5.97 Å². The van der Waals surface area contributed by atoms with E-state index >= 15 is 0 Å². The number of aryl methyl sites for hydroxylation is 1. The first-order chi connectivity index (χ1) is 7.68. The van der Waals surface area contributed by atoms with Gasteiger partial charge in [-0.1, -0.05) is 18.2 Å². The molecule has 0 N–H and O–H groups in total. The van der Waals surface area contributed by atoms with Crippen LogP contribution in [0.1, 0.15) is 18.4 Å². The Morgan fingerprint density at radius 1 is 1.44 bits per heavy atom. The maximum atomic E-state index is 11.6. The molecular formula is C13H16O2S. The Morgan fingerprint density at radius 2 is 2.12 bits per heavy atom. The Hall–Kier alpha value is -0.960. The lowest BCUT2D eigenvalue weighted by Crippen LogP contribution is -2.19. The zero-order valence-corrected chi connectivity index (χ0v) is 10.5. The lowest BCUT2D eigenvalue weighted by molar-refractivity contribution is -0.146. The first-order valence-electron chi connectivity index (χ1n) is 5.45. The summed E-state index contributed by atoms with van der Waals surface area (Å²) in [6.45, 7) is 2.10. The van der Waals surface area contributed by atoms with E-state index in [2.05, 4.69) is 19.1 Å². The molecule has 1 aromatic rings. The van der Waals surface area contributed by atoms with Gasteiger partial charge in [0.05, 0.1) is 12.5 Å². The highest BCUT2D eigenvalue weighted by molar-refractivity contribution is 7.99. The van der Waals surface area contributed by atoms with E-state index < -0.39 is 0 Å². The molecule has 1 fully saturated rings. The third-order valence-corrected chi connectivity index (χ3v) is 4.54. The fraction of sp³-hybridized carbons (Fsp3) is 0.462. The summed E-state index contributed by atoms with van der Waals surface area (Å²) in [6, 6.07) is 8.27. The Morgan fingerprint density at radius 3 is 2.69 bits per heavy atom. The number of esters is 1. The molecule has 1 aliphatic rings. The average Bonchev–Trinajstić information content (AvgIpc) is 3.08. The number of hydrogen-bond acceptors (Lipinski definition) is 3. The predicted molar refractivity (Wildman–Crippen MR) is 65.6 cm³/mol. The molecule has 0 unspecified atom stereocenters. The van der Waals surface area contributed by atoms with Gasteiger partial charge in [-0.15, -0.1) is 11.8 Å². The number of rotatable bonds is 4. The first-order valence-corrected chi connectivity index (χ1v) is 6.43. The Balaban J connectivity index is 1.98. The molecule has 2 rings (SSSR count). The molecule has 0 saturated heterocycles. The van der Waals surface area contributed by atoms with Gasteiger partial charge in [-0.05, 0) is 31.4 Å². The monoisotopic (exact) mass is 236 g/mol. The third-order valence-electron chi connectivity index (χ3n) is 3.07. The molecule has 0 amide bonds. The van der Waals surface area contributed by atoms with Crippen LogP contribution < -0.4 is 0 Å². The molecule has 0 aliphatic heterocycles. The number of methoxy groups -OCH3 is 1. The smallest absolute Gasteiger partial charge is 0.312 e. The number of carbonyl (C=O) groups excluding carboxylic acids is 1. The molecule has 0 radical (unpaired) electrons. The zero-order valence-electron chi connectivity index (χ0n) is 9.66. The number of carbonyl (C=O) groups is 1. The zero-order chi connectivity index (χ0) is 11.6. The Labute approximate surface area is 100 Å². The van der Waals surface area contributed by atoms with E-state index in [-0.39, 0.29) is 11.4 Å². The molecule has 3 heteroatoms. The minimum absolute atomic E-state index is 0.0476. The van der Waals surface area contributed by atoms with Crippen LogP contribution in [-0.4, -0.2) is 18.8 Å². The fourth-order valence-corrected chi connectivity index (χ4v) is 3.02. The normalized spacial score (nSPS) is 16.9. The van der Waals surface area contributed by atoms with Gasteiger partial charge in [-0.25, -0.2) is 0 Å². The van der Waals surface area contributed by atoms with Crippen molar-refractivity contribution in [2.75, 3.05) is 12.9 Å². The highest BCUT2D eigenvalue weighted by Crippen LogP contribution is 2.50. The number of hydrogen-bond donors (Lipinski definition) is 0. The maximum Gasteiger partial charge on any atom is 0.312 e. The quantitative estimate of drug-likeness (QED) is 0.593. The van der Waals surface area contributed by atoms with Gasteiger partial charge in [0.25, 0.3) is 0 Å². The minimum atomic E-state index is -0.193. The summed E-state index contributed by atoms with van der Waals surface area (Å²) in [6.07, 6.45) is 1.94. The van der Waals surface area contributed by atoms with E-state index in [1.807, 2.05) is 12.1 Å². The molecule has 0 atom stereocenters. The van der Waals surface area contributed by atoms with E-state index in [0.717, 1.165) is 18.6 Å². The van der Waals surface area contributed by atoms with Gasteiger partial charge in [0, 0.05) is 10.6 Å². The SMILES string of the molecule is COC(=O)C1(CSc2ccccc2C)CC1. The highest BCUT2D eigenvalue weighted by Gasteiger charge is 2.50. The van der Waals surface area contributed by atoms with Crippen molar-refractivity contribution in [3.05, 3.63) is 29.8 Å². The molecule has 1 aliphatic carbocycles. The van der Waals surface area contributed by atoms with Crippen LogP contribution >= 0.6 is 11.8 Å². The summed E-state index contributed by atoms with van der Waals surface area (Å²) in [5.74, 6) is 0.790. The molecule has 2 nitrogen and oxygen atoms in total. The number of thioether (sulfide) groups is 1. The van der Waals surface area contributed by atoms with E-state index in [4.69, 9.17) is 4.74 Å². The van der Waals surface area contributed by atoms with Crippen LogP contribution in [0.15, 0.2) is 29.2 Å². The summed E-state index contributed by atoms with van der Waals surface area (Å²) in [5, 5.41) is 0. The van der Waals surface area contributed by atoms with Crippen molar-refractivity contribution in [3.8, 4) is 0 Å². The number of ether oxygens (including phenoxy) is 1. The summed E-state index contributed by atoms with van der Waals surface area (Å²) in [5.41, 5.74) is 1.08. The van der Waals surface area contributed by atoms with Crippen LogP contribution in [0.25, 0.3) is 0 Å². The molecule has 16 heavy (non-hydrogen) atoms. The summed E-state index contributed by atoms with van der Waals surface area (Å²) < 4.78 is 4.84. The number of benzene rings is 1. The third kappa shape index (κ3) is 2.24. The predicted octanol–water partition coefficient (Wildman–Crippen LogP) is 3.04. The molecule has 0 spiro atoms. The van der Waals surface area contributed by atoms with Crippen LogP contribution in [0.3, 0.4) is 0 Å². The van der Waals surface area contributed by atoms with Gasteiger partial charge in [-0.3, -0.25) is 4.79 Å². The standard InChI is InChI=1S/C13H16O2S/c1-10-5-3-4-6-11(10)16-9-13(7-8-13)12(14)15-2/h3-6H,7-9H2,1-2H3. The van der Waals surface area contributed by atoms with Crippen molar-refractivity contribution in [3.63, 3.8) is 0 Å². The van der Waals surface area contributed by atoms with Crippen molar-refractivity contribution in [1.29, 1.82) is 0 Å². The molecule has 1 saturated carbocycles. The van der Waals surface area contributed by atoms with Crippen LogP contribution in [-0.2, 0) is 9.53 Å². The minimum Gasteiger partial charge on any atom is -0.469 e. The summed E-state index contributed by atoms with van der Waals surface area (Å²) in [4.78, 5) is 12.8. The lowest BCUT2D eigenvalue weighted by Gasteiger charge is -2.12. The van der Waals surface area contributed by atoms with E-state index in [9.17, 15) is 4.79 Å². The van der Waals surface area contributed by atoms with Crippen molar-refractivity contribution in [2.45, 2.75) is 24.7 Å². The van der Waals surface area contributed by atoms with Crippen molar-refractivity contribution < 1.29 is 9.53 Å². The fourth-order valence-electron chi connectivity index (χ4n) is 1.71. The van der Waals surface area contributed by atoms with E-state index in [0.29, 0.717) is 0 Å². The topological polar surface area (TPSA) is 26.3 Å². The van der Waals surface area contributed by atoms with E-state index in [1.165, 1.54) is 17.6 Å². The van der Waals surface area contributed by atoms with Crippen LogP contribution in [0.4, 0.5) is 0 Å². The molecule has 1 aromatic carbocycles. The molecular weight excluding hydrogens is 220 g/mol. The second-order valence-corrected chi connectivity index (χ2v) is 5.34. The molecule has 0 aromatic heterocycles. The maximum absolute atomic E-state index is 11.6. The van der Waals surface area contributed by atoms with Gasteiger partial charge in [-0.2, -0.15) is 0 Å². The lowest BCUT2D eigenvalue weighted by atomic mass is 10.1. The molecule has 0 heterocycles. The van der Waals surface area contributed by atoms with E-state index in [1.54, 1.807) is 11.8 Å². The van der Waals surface area contributed by atoms with Crippen molar-refractivity contribution in [2.24, 2.45) is 5.41 Å². The van der Waals surface area contributed by atoms with Crippen LogP contribution in [0, 0.1) is 12.3 Å². The van der Waals surface area contributed by atoms with Gasteiger partial charge in [0.1, 0.15) is 0 Å². The summed E-state index contributed by atoms with van der Waals surface area (Å²) in [7, 11) is 1.47. The van der Waals surface area contributed by atoms with Crippen LogP contribution in [0.2, 0.25) is 0 Å². The van der Waals surface area contributed by atoms with Crippen molar-refractivity contribution in [1.82, 2.24) is 0 Å². The average molecular weight is 236 g/mol. The largest absolute Gasteiger partial charge is 0.469 e. The summed E-state index contributed by atoms with van der Waals surface area (Å²) >= 11 is 1.76. The second-order valence-electron chi connectivity index (χ2n) is 4.33. The second kappa shape index (κ2) is 4.50. The Bertz CT molecular complexity index is 397. The molecule has 86 valence electrons. The Kier molecular flexibility index (Phi) is 3.24. The van der Waals surface area contributed by atoms with Gasteiger partial charge in [0.15, 0.2) is 0 Å². The van der Waals surface area contributed by atoms with Crippen LogP contribution in [0.5, 0.6) is 0 Å². The van der Waals surface area contributed by atoms with Gasteiger partial charge in [0.2, 0.25) is 0 Å². The van der Waals surface area contributed by atoms with Crippen molar-refractivity contribution >= 4 is 17.7 Å². The highest BCUT2D eigenvalue weighted by atomic mass is 32.2. The first kappa shape index (κ1) is 11.5.